The second kappa shape index (κ2) is 10.3. The number of carbonyl (C=O) groups is 2. The average molecular weight is 478 g/mol. The monoisotopic (exact) mass is 477 g/mol. The summed E-state index contributed by atoms with van der Waals surface area (Å²) in [5, 5.41) is 2.30. The van der Waals surface area contributed by atoms with Crippen molar-refractivity contribution < 1.29 is 27.5 Å². The number of halogens is 3. The Balaban J connectivity index is 1.51. The van der Waals surface area contributed by atoms with Crippen LogP contribution in [-0.4, -0.2) is 39.8 Å². The molecule has 2 aliphatic rings. The van der Waals surface area contributed by atoms with E-state index in [9.17, 15) is 22.8 Å². The number of aliphatic imine (C=N–C) groups is 1. The van der Waals surface area contributed by atoms with Gasteiger partial charge >= 0.3 is 6.61 Å². The zero-order chi connectivity index (χ0) is 23.4. The van der Waals surface area contributed by atoms with E-state index < -0.39 is 23.6 Å². The second-order valence-corrected chi connectivity index (χ2v) is 8.92. The Morgan fingerprint density at radius 3 is 2.52 bits per heavy atom. The third-order valence-corrected chi connectivity index (χ3v) is 6.61. The lowest BCUT2D eigenvalue weighted by atomic mass is 10.2. The zero-order valence-corrected chi connectivity index (χ0v) is 18.4. The number of alkyl halides is 2. The first kappa shape index (κ1) is 23.2. The quantitative estimate of drug-likeness (QED) is 0.585. The van der Waals surface area contributed by atoms with Crippen molar-refractivity contribution in [3.8, 4) is 5.75 Å². The highest BCUT2D eigenvalue weighted by Gasteiger charge is 2.43. The van der Waals surface area contributed by atoms with Gasteiger partial charge in [-0.2, -0.15) is 8.78 Å². The molecular weight excluding hydrogens is 455 g/mol. The van der Waals surface area contributed by atoms with Crippen molar-refractivity contribution in [1.29, 1.82) is 0 Å². The number of para-hydroxylation sites is 1. The minimum absolute atomic E-state index is 0.00446. The van der Waals surface area contributed by atoms with E-state index in [0.717, 1.165) is 25.7 Å². The molecular formula is C23H22F3N3O3S. The normalized spacial score (nSPS) is 20.1. The van der Waals surface area contributed by atoms with Gasteiger partial charge in [0.1, 0.15) is 16.8 Å². The van der Waals surface area contributed by atoms with Crippen LogP contribution in [0.3, 0.4) is 0 Å². The van der Waals surface area contributed by atoms with Crippen molar-refractivity contribution >= 4 is 40.1 Å². The van der Waals surface area contributed by atoms with E-state index in [4.69, 9.17) is 0 Å². The van der Waals surface area contributed by atoms with Crippen molar-refractivity contribution in [2.75, 3.05) is 5.32 Å². The minimum Gasteiger partial charge on any atom is -0.435 e. The summed E-state index contributed by atoms with van der Waals surface area (Å²) in [4.78, 5) is 31.9. The molecule has 4 rings (SSSR count). The van der Waals surface area contributed by atoms with Gasteiger partial charge in [0.05, 0.1) is 11.4 Å². The van der Waals surface area contributed by atoms with E-state index in [1.807, 2.05) is 0 Å². The predicted molar refractivity (Wildman–Crippen MR) is 120 cm³/mol. The molecule has 2 fully saturated rings. The first-order chi connectivity index (χ1) is 15.9. The summed E-state index contributed by atoms with van der Waals surface area (Å²) < 4.78 is 42.9. The molecule has 1 aliphatic carbocycles. The Morgan fingerprint density at radius 2 is 1.85 bits per heavy atom. The average Bonchev–Trinajstić information content (AvgIpc) is 3.39. The highest BCUT2D eigenvalue weighted by atomic mass is 32.2. The number of nitrogens with zero attached hydrogens (tertiary/aromatic N) is 2. The number of amides is 2. The number of thioether (sulfide) groups is 1. The largest absolute Gasteiger partial charge is 0.435 e. The van der Waals surface area contributed by atoms with Crippen LogP contribution in [0.15, 0.2) is 53.5 Å². The lowest BCUT2D eigenvalue weighted by Gasteiger charge is -2.23. The fourth-order valence-electron chi connectivity index (χ4n) is 3.94. The summed E-state index contributed by atoms with van der Waals surface area (Å²) in [6, 6.07) is 11.7. The number of nitrogens with one attached hydrogen (secondary N) is 1. The van der Waals surface area contributed by atoms with Crippen molar-refractivity contribution in [2.24, 2.45) is 4.99 Å². The Hall–Kier alpha value is -3.01. The molecule has 174 valence electrons. The van der Waals surface area contributed by atoms with Gasteiger partial charge in [0.25, 0.3) is 0 Å². The maximum Gasteiger partial charge on any atom is 0.387 e. The maximum atomic E-state index is 13.8. The third kappa shape index (κ3) is 5.68. The van der Waals surface area contributed by atoms with Crippen LogP contribution in [0.1, 0.15) is 32.1 Å². The summed E-state index contributed by atoms with van der Waals surface area (Å²) in [7, 11) is 0. The third-order valence-electron chi connectivity index (χ3n) is 5.46. The van der Waals surface area contributed by atoms with Crippen LogP contribution in [0.25, 0.3) is 0 Å². The van der Waals surface area contributed by atoms with Crippen molar-refractivity contribution in [3.63, 3.8) is 0 Å². The van der Waals surface area contributed by atoms with Gasteiger partial charge in [-0.25, -0.2) is 9.38 Å². The molecule has 0 radical (unpaired) electrons. The molecule has 0 aromatic heterocycles. The Kier molecular flexibility index (Phi) is 7.22. The highest BCUT2D eigenvalue weighted by molar-refractivity contribution is 8.15. The van der Waals surface area contributed by atoms with Crippen LogP contribution in [0.4, 0.5) is 24.5 Å². The Labute approximate surface area is 193 Å². The van der Waals surface area contributed by atoms with Crippen LogP contribution < -0.4 is 10.1 Å². The SMILES string of the molecule is O=C(CC1SC(=Nc2ccc(OC(F)F)cc2)N(C2CCCC2)C1=O)Nc1ccccc1F. The van der Waals surface area contributed by atoms with Gasteiger partial charge in [-0.1, -0.05) is 36.7 Å². The number of benzene rings is 2. The number of rotatable bonds is 7. The Morgan fingerprint density at radius 1 is 1.15 bits per heavy atom. The molecule has 10 heteroatoms. The Bertz CT molecular complexity index is 1040. The highest BCUT2D eigenvalue weighted by Crippen LogP contribution is 2.37. The van der Waals surface area contributed by atoms with Gasteiger partial charge in [-0.15, -0.1) is 0 Å². The molecule has 33 heavy (non-hydrogen) atoms. The summed E-state index contributed by atoms with van der Waals surface area (Å²) in [5.41, 5.74) is 0.539. The van der Waals surface area contributed by atoms with Gasteiger partial charge in [0, 0.05) is 12.5 Å². The van der Waals surface area contributed by atoms with E-state index in [2.05, 4.69) is 15.0 Å². The second-order valence-electron chi connectivity index (χ2n) is 7.75. The van der Waals surface area contributed by atoms with Gasteiger partial charge < -0.3 is 10.1 Å². The standard InChI is InChI=1S/C23H22F3N3O3S/c24-17-7-3-4-8-18(17)28-20(30)13-19-21(31)29(15-5-1-2-6-15)23(33-19)27-14-9-11-16(12-10-14)32-22(25)26/h3-4,7-12,15,19,22H,1-2,5-6,13H2,(H,28,30). The van der Waals surface area contributed by atoms with Crippen molar-refractivity contribution in [1.82, 2.24) is 4.90 Å². The number of ether oxygens (including phenoxy) is 1. The smallest absolute Gasteiger partial charge is 0.387 e. The fraction of sp³-hybridized carbons (Fsp3) is 0.348. The first-order valence-corrected chi connectivity index (χ1v) is 11.5. The van der Waals surface area contributed by atoms with Crippen molar-refractivity contribution in [3.05, 3.63) is 54.3 Å². The number of hydrogen-bond acceptors (Lipinski definition) is 5. The maximum absolute atomic E-state index is 13.8. The molecule has 6 nitrogen and oxygen atoms in total. The molecule has 1 atom stereocenters. The van der Waals surface area contributed by atoms with Crippen LogP contribution in [0, 0.1) is 5.82 Å². The molecule has 2 amide bonds. The van der Waals surface area contributed by atoms with E-state index in [1.165, 1.54) is 54.2 Å². The van der Waals surface area contributed by atoms with E-state index in [0.29, 0.717) is 10.9 Å². The molecule has 1 saturated carbocycles. The molecule has 1 unspecified atom stereocenters. The van der Waals surface area contributed by atoms with E-state index >= 15 is 0 Å². The fourth-order valence-corrected chi connectivity index (χ4v) is 5.15. The van der Waals surface area contributed by atoms with Crippen molar-refractivity contribution in [2.45, 2.75) is 50.0 Å². The summed E-state index contributed by atoms with van der Waals surface area (Å²) in [6.07, 6.45) is 3.58. The summed E-state index contributed by atoms with van der Waals surface area (Å²) in [6.45, 7) is -2.92. The number of carbonyl (C=O) groups excluding carboxylic acids is 2. The summed E-state index contributed by atoms with van der Waals surface area (Å²) >= 11 is 1.19. The molecule has 1 heterocycles. The van der Waals surface area contributed by atoms with Crippen LogP contribution in [0.5, 0.6) is 5.75 Å². The number of anilines is 1. The number of amidine groups is 1. The zero-order valence-electron chi connectivity index (χ0n) is 17.5. The van der Waals surface area contributed by atoms with E-state index in [-0.39, 0.29) is 29.8 Å². The van der Waals surface area contributed by atoms with Gasteiger partial charge in [-0.05, 0) is 49.2 Å². The van der Waals surface area contributed by atoms with Gasteiger partial charge in [0.2, 0.25) is 11.8 Å². The predicted octanol–water partition coefficient (Wildman–Crippen LogP) is 5.33. The van der Waals surface area contributed by atoms with Crippen LogP contribution >= 0.6 is 11.8 Å². The van der Waals surface area contributed by atoms with Gasteiger partial charge in [-0.3, -0.25) is 14.5 Å². The topological polar surface area (TPSA) is 71.0 Å². The lowest BCUT2D eigenvalue weighted by molar-refractivity contribution is -0.129. The van der Waals surface area contributed by atoms with Gasteiger partial charge in [0.15, 0.2) is 5.17 Å². The molecule has 1 N–H and O–H groups in total. The lowest BCUT2D eigenvalue weighted by Crippen LogP contribution is -2.40. The molecule has 2 aromatic carbocycles. The van der Waals surface area contributed by atoms with Crippen LogP contribution in [0.2, 0.25) is 0 Å². The molecule has 1 aliphatic heterocycles. The molecule has 0 bridgehead atoms. The summed E-state index contributed by atoms with van der Waals surface area (Å²) in [5.74, 6) is -1.20. The first-order valence-electron chi connectivity index (χ1n) is 10.6. The molecule has 2 aromatic rings. The van der Waals surface area contributed by atoms with Crippen LogP contribution in [-0.2, 0) is 9.59 Å². The molecule has 0 spiro atoms. The van der Waals surface area contributed by atoms with E-state index in [1.54, 1.807) is 11.0 Å². The number of hydrogen-bond donors (Lipinski definition) is 1. The minimum atomic E-state index is -2.92. The molecule has 1 saturated heterocycles.